The van der Waals surface area contributed by atoms with Gasteiger partial charge in [-0.3, -0.25) is 4.79 Å². The number of hydrogen-bond acceptors (Lipinski definition) is 3. The first kappa shape index (κ1) is 13.8. The molecule has 4 heteroatoms. The van der Waals surface area contributed by atoms with E-state index in [0.717, 1.165) is 19.4 Å². The Morgan fingerprint density at radius 2 is 2.11 bits per heavy atom. The van der Waals surface area contributed by atoms with Crippen LogP contribution in [-0.4, -0.2) is 42.1 Å². The van der Waals surface area contributed by atoms with Gasteiger partial charge in [0.25, 0.3) is 0 Å². The average molecular weight is 254 g/mol. The molecule has 2 rings (SSSR count). The van der Waals surface area contributed by atoms with Crippen molar-refractivity contribution in [1.82, 2.24) is 4.90 Å². The predicted molar refractivity (Wildman–Crippen MR) is 71.2 cm³/mol. The first-order valence-electron chi connectivity index (χ1n) is 7.15. The molecule has 18 heavy (non-hydrogen) atoms. The quantitative estimate of drug-likeness (QED) is 0.813. The van der Waals surface area contributed by atoms with Crippen molar-refractivity contribution < 1.29 is 9.53 Å². The molecule has 1 aliphatic carbocycles. The van der Waals surface area contributed by atoms with Crippen LogP contribution in [0.3, 0.4) is 0 Å². The van der Waals surface area contributed by atoms with Gasteiger partial charge in [-0.1, -0.05) is 12.8 Å². The van der Waals surface area contributed by atoms with Crippen molar-refractivity contribution >= 4 is 5.91 Å². The largest absolute Gasteiger partial charge is 0.372 e. The maximum atomic E-state index is 12.3. The Balaban J connectivity index is 1.87. The molecule has 2 N–H and O–H groups in total. The Hall–Kier alpha value is -0.610. The predicted octanol–water partition coefficient (Wildman–Crippen LogP) is 1.53. The molecular formula is C14H26N2O2. The van der Waals surface area contributed by atoms with E-state index in [2.05, 4.69) is 0 Å². The van der Waals surface area contributed by atoms with Gasteiger partial charge in [-0.15, -0.1) is 0 Å². The topological polar surface area (TPSA) is 55.6 Å². The van der Waals surface area contributed by atoms with Crippen molar-refractivity contribution in [1.29, 1.82) is 0 Å². The van der Waals surface area contributed by atoms with Crippen LogP contribution < -0.4 is 5.73 Å². The number of carbonyl (C=O) groups is 1. The number of carbonyl (C=O) groups excluding carboxylic acids is 1. The Labute approximate surface area is 110 Å². The van der Waals surface area contributed by atoms with Gasteiger partial charge in [-0.05, 0) is 32.6 Å². The van der Waals surface area contributed by atoms with E-state index in [9.17, 15) is 4.79 Å². The number of rotatable bonds is 2. The normalized spacial score (nSPS) is 32.3. The van der Waals surface area contributed by atoms with E-state index in [0.29, 0.717) is 25.5 Å². The molecule has 104 valence electrons. The molecule has 2 aliphatic rings. The first-order valence-corrected chi connectivity index (χ1v) is 7.15. The third-order valence-electron chi connectivity index (χ3n) is 4.18. The second-order valence-electron chi connectivity index (χ2n) is 6.34. The van der Waals surface area contributed by atoms with Gasteiger partial charge in [-0.25, -0.2) is 0 Å². The number of nitrogens with two attached hydrogens (primary N) is 1. The van der Waals surface area contributed by atoms with Crippen LogP contribution in [0.4, 0.5) is 0 Å². The monoisotopic (exact) mass is 254 g/mol. The van der Waals surface area contributed by atoms with E-state index in [-0.39, 0.29) is 17.6 Å². The first-order chi connectivity index (χ1) is 8.48. The highest BCUT2D eigenvalue weighted by atomic mass is 16.5. The van der Waals surface area contributed by atoms with Crippen LogP contribution in [0.5, 0.6) is 0 Å². The van der Waals surface area contributed by atoms with Crippen LogP contribution in [-0.2, 0) is 9.53 Å². The molecule has 0 bridgehead atoms. The maximum absolute atomic E-state index is 12.3. The van der Waals surface area contributed by atoms with Gasteiger partial charge in [0.05, 0.1) is 12.2 Å². The summed E-state index contributed by atoms with van der Waals surface area (Å²) >= 11 is 0. The molecule has 1 heterocycles. The lowest BCUT2D eigenvalue weighted by molar-refractivity contribution is -0.147. The number of amides is 1. The van der Waals surface area contributed by atoms with E-state index < -0.39 is 0 Å². The third-order valence-corrected chi connectivity index (χ3v) is 4.18. The third kappa shape index (κ3) is 3.45. The Kier molecular flexibility index (Phi) is 4.28. The summed E-state index contributed by atoms with van der Waals surface area (Å²) in [5, 5.41) is 0. The summed E-state index contributed by atoms with van der Waals surface area (Å²) in [6.45, 7) is 6.16. The molecule has 2 atom stereocenters. The highest BCUT2D eigenvalue weighted by molar-refractivity contribution is 5.76. The fourth-order valence-electron chi connectivity index (χ4n) is 3.07. The van der Waals surface area contributed by atoms with Crippen molar-refractivity contribution in [3.8, 4) is 0 Å². The fraction of sp³-hybridized carbons (Fsp3) is 0.929. The van der Waals surface area contributed by atoms with Crippen molar-refractivity contribution in [3.63, 3.8) is 0 Å². The van der Waals surface area contributed by atoms with Gasteiger partial charge in [0.15, 0.2) is 0 Å². The van der Waals surface area contributed by atoms with Gasteiger partial charge in [0.2, 0.25) is 5.91 Å². The van der Waals surface area contributed by atoms with Gasteiger partial charge >= 0.3 is 0 Å². The minimum absolute atomic E-state index is 0.206. The summed E-state index contributed by atoms with van der Waals surface area (Å²) in [5.74, 6) is 0.644. The molecule has 0 aromatic rings. The zero-order valence-electron chi connectivity index (χ0n) is 11.7. The van der Waals surface area contributed by atoms with Crippen molar-refractivity contribution in [2.75, 3.05) is 19.7 Å². The molecule has 0 spiro atoms. The Morgan fingerprint density at radius 1 is 1.39 bits per heavy atom. The van der Waals surface area contributed by atoms with Crippen LogP contribution in [0.15, 0.2) is 0 Å². The lowest BCUT2D eigenvalue weighted by Crippen LogP contribution is -2.51. The van der Waals surface area contributed by atoms with Crippen molar-refractivity contribution in [2.45, 2.75) is 57.6 Å². The van der Waals surface area contributed by atoms with Crippen LogP contribution >= 0.6 is 0 Å². The Bertz CT molecular complexity index is 304. The molecule has 4 nitrogen and oxygen atoms in total. The maximum Gasteiger partial charge on any atom is 0.223 e. The minimum Gasteiger partial charge on any atom is -0.372 e. The van der Waals surface area contributed by atoms with Gasteiger partial charge in [-0.2, -0.15) is 0 Å². The van der Waals surface area contributed by atoms with Crippen LogP contribution in [0.2, 0.25) is 0 Å². The molecule has 1 saturated carbocycles. The molecule has 1 amide bonds. The number of ether oxygens (including phenoxy) is 1. The van der Waals surface area contributed by atoms with Gasteiger partial charge in [0, 0.05) is 25.6 Å². The zero-order valence-corrected chi connectivity index (χ0v) is 11.7. The van der Waals surface area contributed by atoms with Crippen LogP contribution in [0.1, 0.15) is 46.0 Å². The lowest BCUT2D eigenvalue weighted by Gasteiger charge is -2.39. The molecule has 1 saturated heterocycles. The second-order valence-corrected chi connectivity index (χ2v) is 6.34. The summed E-state index contributed by atoms with van der Waals surface area (Å²) in [6, 6.07) is 0.219. The fourth-order valence-corrected chi connectivity index (χ4v) is 3.07. The zero-order chi connectivity index (χ0) is 13.2. The smallest absolute Gasteiger partial charge is 0.223 e. The second kappa shape index (κ2) is 5.57. The van der Waals surface area contributed by atoms with Crippen LogP contribution in [0, 0.1) is 5.92 Å². The SMILES string of the molecule is CC1(C)CN(C(=O)CC2CCCCC2N)CCO1. The minimum atomic E-state index is -0.206. The lowest BCUT2D eigenvalue weighted by atomic mass is 9.82. The average Bonchev–Trinajstić information content (AvgIpc) is 2.31. The van der Waals surface area contributed by atoms with E-state index in [4.69, 9.17) is 10.5 Å². The number of nitrogens with zero attached hydrogens (tertiary/aromatic N) is 1. The summed E-state index contributed by atoms with van der Waals surface area (Å²) in [7, 11) is 0. The highest BCUT2D eigenvalue weighted by Crippen LogP contribution is 2.27. The molecule has 0 aromatic heterocycles. The van der Waals surface area contributed by atoms with Crippen molar-refractivity contribution in [3.05, 3.63) is 0 Å². The molecule has 2 fully saturated rings. The summed E-state index contributed by atoms with van der Waals surface area (Å²) in [6.07, 6.45) is 5.25. The molecule has 0 radical (unpaired) electrons. The summed E-state index contributed by atoms with van der Waals surface area (Å²) in [4.78, 5) is 14.3. The van der Waals surface area contributed by atoms with E-state index in [1.165, 1.54) is 12.8 Å². The Morgan fingerprint density at radius 3 is 2.78 bits per heavy atom. The van der Waals surface area contributed by atoms with E-state index in [1.54, 1.807) is 0 Å². The molecule has 2 unspecified atom stereocenters. The highest BCUT2D eigenvalue weighted by Gasteiger charge is 2.32. The molecule has 0 aromatic carbocycles. The van der Waals surface area contributed by atoms with E-state index in [1.807, 2.05) is 18.7 Å². The molecular weight excluding hydrogens is 228 g/mol. The summed E-state index contributed by atoms with van der Waals surface area (Å²) < 4.78 is 5.64. The van der Waals surface area contributed by atoms with Gasteiger partial charge < -0.3 is 15.4 Å². The number of morpholine rings is 1. The van der Waals surface area contributed by atoms with E-state index >= 15 is 0 Å². The standard InChI is InChI=1S/C14H26N2O2/c1-14(2)10-16(7-8-18-14)13(17)9-11-5-3-4-6-12(11)15/h11-12H,3-10,15H2,1-2H3. The van der Waals surface area contributed by atoms with Gasteiger partial charge in [0.1, 0.15) is 0 Å². The number of hydrogen-bond donors (Lipinski definition) is 1. The molecule has 1 aliphatic heterocycles. The van der Waals surface area contributed by atoms with Crippen molar-refractivity contribution in [2.24, 2.45) is 11.7 Å². The summed E-state index contributed by atoms with van der Waals surface area (Å²) in [5.41, 5.74) is 5.91. The van der Waals surface area contributed by atoms with Crippen LogP contribution in [0.25, 0.3) is 0 Å².